The first-order valence-electron chi connectivity index (χ1n) is 4.40. The Hall–Kier alpha value is -1.23. The molecule has 1 aromatic carbocycles. The highest BCUT2D eigenvalue weighted by atomic mass is 79.9. The molecule has 0 saturated carbocycles. The van der Waals surface area contributed by atoms with Crippen molar-refractivity contribution in [3.05, 3.63) is 46.8 Å². The van der Waals surface area contributed by atoms with E-state index >= 15 is 0 Å². The fourth-order valence-corrected chi connectivity index (χ4v) is 1.91. The molecule has 2 rings (SSSR count). The second kappa shape index (κ2) is 3.97. The molecule has 2 aromatic rings. The van der Waals surface area contributed by atoms with Crippen molar-refractivity contribution in [3.63, 3.8) is 0 Å². The molecule has 0 unspecified atom stereocenters. The Morgan fingerprint density at radius 3 is 2.25 bits per heavy atom. The van der Waals surface area contributed by atoms with E-state index in [2.05, 4.69) is 15.9 Å². The highest BCUT2D eigenvalue weighted by Gasteiger charge is 2.33. The summed E-state index contributed by atoms with van der Waals surface area (Å²) in [7, 11) is 0. The molecule has 0 amide bonds. The lowest BCUT2D eigenvalue weighted by Crippen LogP contribution is -2.06. The van der Waals surface area contributed by atoms with E-state index in [4.69, 9.17) is 4.42 Å². The average molecular weight is 291 g/mol. The van der Waals surface area contributed by atoms with Crippen LogP contribution in [0.25, 0.3) is 11.1 Å². The summed E-state index contributed by atoms with van der Waals surface area (Å²) in [4.78, 5) is 0. The summed E-state index contributed by atoms with van der Waals surface area (Å²) in [5, 5.41) is 0. The monoisotopic (exact) mass is 290 g/mol. The normalized spacial score (nSPS) is 11.8. The molecule has 0 aliphatic rings. The van der Waals surface area contributed by atoms with Gasteiger partial charge >= 0.3 is 6.18 Å². The van der Waals surface area contributed by atoms with Crippen molar-refractivity contribution < 1.29 is 17.6 Å². The molecule has 0 spiro atoms. The van der Waals surface area contributed by atoms with Gasteiger partial charge in [0.05, 0.1) is 11.8 Å². The molecule has 0 fully saturated rings. The third kappa shape index (κ3) is 2.00. The van der Waals surface area contributed by atoms with Crippen LogP contribution in [0.4, 0.5) is 13.2 Å². The largest absolute Gasteiger partial charge is 0.457 e. The van der Waals surface area contributed by atoms with Gasteiger partial charge < -0.3 is 4.42 Å². The topological polar surface area (TPSA) is 13.1 Å². The van der Waals surface area contributed by atoms with Crippen molar-refractivity contribution in [1.82, 2.24) is 0 Å². The zero-order valence-electron chi connectivity index (χ0n) is 7.88. The van der Waals surface area contributed by atoms with E-state index in [9.17, 15) is 13.2 Å². The van der Waals surface area contributed by atoms with Gasteiger partial charge in [0.2, 0.25) is 0 Å². The van der Waals surface area contributed by atoms with Crippen LogP contribution in [-0.4, -0.2) is 0 Å². The summed E-state index contributed by atoms with van der Waals surface area (Å²) in [6.45, 7) is 0. The van der Waals surface area contributed by atoms with Crippen LogP contribution in [0.15, 0.2) is 45.7 Å². The summed E-state index contributed by atoms with van der Waals surface area (Å²) in [5.74, 6) is 0. The van der Waals surface area contributed by atoms with Crippen molar-refractivity contribution in [2.24, 2.45) is 0 Å². The maximum absolute atomic E-state index is 12.7. The minimum atomic E-state index is -4.37. The van der Waals surface area contributed by atoms with Crippen LogP contribution in [-0.2, 0) is 6.18 Å². The number of furan rings is 1. The van der Waals surface area contributed by atoms with Gasteiger partial charge in [-0.2, -0.15) is 13.2 Å². The number of benzene rings is 1. The highest BCUT2D eigenvalue weighted by Crippen LogP contribution is 2.39. The average Bonchev–Trinajstić information content (AvgIpc) is 2.63. The minimum absolute atomic E-state index is 0.107. The fraction of sp³-hybridized carbons (Fsp3) is 0.0909. The maximum Gasteiger partial charge on any atom is 0.417 e. The molecular weight excluding hydrogens is 285 g/mol. The molecule has 5 heteroatoms. The Morgan fingerprint density at radius 2 is 1.69 bits per heavy atom. The van der Waals surface area contributed by atoms with Crippen molar-refractivity contribution in [3.8, 4) is 11.1 Å². The molecule has 0 bridgehead atoms. The molecule has 0 atom stereocenters. The van der Waals surface area contributed by atoms with E-state index in [-0.39, 0.29) is 5.56 Å². The first kappa shape index (κ1) is 11.3. The Labute approximate surface area is 98.0 Å². The van der Waals surface area contributed by atoms with Gasteiger partial charge in [-0.15, -0.1) is 0 Å². The lowest BCUT2D eigenvalue weighted by Gasteiger charge is -2.11. The first-order chi connectivity index (χ1) is 7.50. The van der Waals surface area contributed by atoms with E-state index in [1.54, 1.807) is 6.07 Å². The summed E-state index contributed by atoms with van der Waals surface area (Å²) in [5.41, 5.74) is -0.166. The number of hydrogen-bond donors (Lipinski definition) is 0. The van der Waals surface area contributed by atoms with E-state index in [1.165, 1.54) is 24.5 Å². The van der Waals surface area contributed by atoms with E-state index in [0.29, 0.717) is 10.2 Å². The second-order valence-corrected chi connectivity index (χ2v) is 3.87. The predicted octanol–water partition coefficient (Wildman–Crippen LogP) is 4.73. The van der Waals surface area contributed by atoms with Gasteiger partial charge in [-0.05, 0) is 33.6 Å². The molecule has 0 aliphatic carbocycles. The van der Waals surface area contributed by atoms with Crippen LogP contribution >= 0.6 is 15.9 Å². The Bertz CT molecular complexity index is 502. The van der Waals surface area contributed by atoms with Gasteiger partial charge in [0.25, 0.3) is 0 Å². The third-order valence-electron chi connectivity index (χ3n) is 2.14. The van der Waals surface area contributed by atoms with Crippen LogP contribution in [0.1, 0.15) is 5.56 Å². The molecule has 1 heterocycles. The van der Waals surface area contributed by atoms with E-state index in [0.717, 1.165) is 6.07 Å². The fourth-order valence-electron chi connectivity index (χ4n) is 1.45. The van der Waals surface area contributed by atoms with Crippen LogP contribution in [0.2, 0.25) is 0 Å². The summed E-state index contributed by atoms with van der Waals surface area (Å²) >= 11 is 3.07. The van der Waals surface area contributed by atoms with E-state index in [1.807, 2.05) is 0 Å². The van der Waals surface area contributed by atoms with Gasteiger partial charge in [-0.1, -0.05) is 18.2 Å². The van der Waals surface area contributed by atoms with Crippen LogP contribution in [0.5, 0.6) is 0 Å². The molecule has 0 saturated heterocycles. The van der Waals surface area contributed by atoms with Crippen molar-refractivity contribution >= 4 is 15.9 Å². The smallest absolute Gasteiger partial charge is 0.417 e. The Morgan fingerprint density at radius 1 is 1.00 bits per heavy atom. The molecule has 16 heavy (non-hydrogen) atoms. The van der Waals surface area contributed by atoms with E-state index < -0.39 is 11.7 Å². The molecule has 1 aromatic heterocycles. The molecule has 1 nitrogen and oxygen atoms in total. The summed E-state index contributed by atoms with van der Waals surface area (Å²) in [6.07, 6.45) is -3.03. The van der Waals surface area contributed by atoms with Crippen molar-refractivity contribution in [2.75, 3.05) is 0 Å². The number of rotatable bonds is 1. The quantitative estimate of drug-likeness (QED) is 0.740. The second-order valence-electron chi connectivity index (χ2n) is 3.15. The molecule has 84 valence electrons. The predicted molar refractivity (Wildman–Crippen MR) is 56.8 cm³/mol. The lowest BCUT2D eigenvalue weighted by molar-refractivity contribution is -0.137. The van der Waals surface area contributed by atoms with Gasteiger partial charge in [-0.3, -0.25) is 0 Å². The van der Waals surface area contributed by atoms with Crippen molar-refractivity contribution in [2.45, 2.75) is 6.18 Å². The third-order valence-corrected chi connectivity index (χ3v) is 2.75. The minimum Gasteiger partial charge on any atom is -0.457 e. The standard InChI is InChI=1S/C11H6BrF3O/c12-10-8(5-6-16-10)7-3-1-2-4-9(7)11(13,14)15/h1-6H. The molecule has 0 radical (unpaired) electrons. The van der Waals surface area contributed by atoms with Gasteiger partial charge in [0.1, 0.15) is 0 Å². The van der Waals surface area contributed by atoms with Crippen molar-refractivity contribution in [1.29, 1.82) is 0 Å². The highest BCUT2D eigenvalue weighted by molar-refractivity contribution is 9.10. The SMILES string of the molecule is FC(F)(F)c1ccccc1-c1ccoc1Br. The Balaban J connectivity index is 2.62. The molecule has 0 aliphatic heterocycles. The number of alkyl halides is 3. The molecule has 0 N–H and O–H groups in total. The molecular formula is C11H6BrF3O. The van der Waals surface area contributed by atoms with Gasteiger partial charge in [0, 0.05) is 5.56 Å². The maximum atomic E-state index is 12.7. The zero-order chi connectivity index (χ0) is 11.8. The summed E-state index contributed by atoms with van der Waals surface area (Å²) in [6, 6.07) is 6.88. The van der Waals surface area contributed by atoms with Crippen LogP contribution < -0.4 is 0 Å². The van der Waals surface area contributed by atoms with Gasteiger partial charge in [-0.25, -0.2) is 0 Å². The number of hydrogen-bond acceptors (Lipinski definition) is 1. The lowest BCUT2D eigenvalue weighted by atomic mass is 10.0. The van der Waals surface area contributed by atoms with Gasteiger partial charge in [0.15, 0.2) is 4.67 Å². The van der Waals surface area contributed by atoms with Crippen LogP contribution in [0, 0.1) is 0 Å². The zero-order valence-corrected chi connectivity index (χ0v) is 9.47. The first-order valence-corrected chi connectivity index (χ1v) is 5.19. The number of halogens is 4. The van der Waals surface area contributed by atoms with Crippen LogP contribution in [0.3, 0.4) is 0 Å². The summed E-state index contributed by atoms with van der Waals surface area (Å²) < 4.78 is 43.4. The Kier molecular flexibility index (Phi) is 2.80.